The summed E-state index contributed by atoms with van der Waals surface area (Å²) in [6.45, 7) is 4.31. The number of hydrazone groups is 1. The molecule has 0 radical (unpaired) electrons. The van der Waals surface area contributed by atoms with Crippen LogP contribution in [0, 0.1) is 11.3 Å². The molecule has 1 saturated heterocycles. The summed E-state index contributed by atoms with van der Waals surface area (Å²) in [5, 5.41) is 71.3. The van der Waals surface area contributed by atoms with Crippen LogP contribution in [0.4, 0.5) is 11.6 Å². The Morgan fingerprint density at radius 1 is 0.737 bits per heavy atom. The molecule has 4 aromatic rings. The second-order valence-corrected chi connectivity index (χ2v) is 23.5. The van der Waals surface area contributed by atoms with Gasteiger partial charge in [-0.1, -0.05) is 13.8 Å². The lowest BCUT2D eigenvalue weighted by Crippen LogP contribution is -2.58. The van der Waals surface area contributed by atoms with E-state index >= 15 is 0 Å². The number of guanidine groups is 1. The molecule has 39 nitrogen and oxygen atoms in total. The quantitative estimate of drug-likeness (QED) is 0.00669. The van der Waals surface area contributed by atoms with Crippen molar-refractivity contribution in [1.29, 1.82) is 5.41 Å². The Kier molecular flexibility index (Phi) is 29.4. The number of aliphatic carboxylic acids is 4. The molecule has 2 unspecified atom stereocenters. The van der Waals surface area contributed by atoms with Crippen molar-refractivity contribution in [2.24, 2.45) is 16.8 Å². The molecule has 7 atom stereocenters. The van der Waals surface area contributed by atoms with E-state index in [4.69, 9.17) is 21.6 Å². The highest BCUT2D eigenvalue weighted by atomic mass is 32.2. The molecule has 40 heteroatoms. The van der Waals surface area contributed by atoms with Gasteiger partial charge in [-0.15, -0.1) is 11.8 Å². The van der Waals surface area contributed by atoms with Crippen LogP contribution in [0.1, 0.15) is 93.8 Å². The third kappa shape index (κ3) is 25.0. The fourth-order valence-electron chi connectivity index (χ4n) is 9.14. The minimum absolute atomic E-state index is 0.0109. The predicted molar refractivity (Wildman–Crippen MR) is 349 cm³/mol. The number of fused-ring (bicyclic) bond motifs is 1. The number of ether oxygens (including phenoxy) is 1. The molecule has 1 aliphatic heterocycles. The van der Waals surface area contributed by atoms with Crippen LogP contribution in [0.5, 0.6) is 5.75 Å². The zero-order chi connectivity index (χ0) is 73.2. The highest BCUT2D eigenvalue weighted by molar-refractivity contribution is 8.00. The van der Waals surface area contributed by atoms with Gasteiger partial charge in [0.2, 0.25) is 53.2 Å². The van der Waals surface area contributed by atoms with Gasteiger partial charge in [-0.05, 0) is 86.2 Å². The summed E-state index contributed by atoms with van der Waals surface area (Å²) in [6.07, 6.45) is -3.61. The predicted octanol–water partition coefficient (Wildman–Crippen LogP) is -3.84. The SMILES string of the molecule is CNC(=O)[C@@H](NC(=O)COc1ccc(/C(C)=N\NC(=O)CCN2C(=O)CC(SCC(NC(=O)[C@@H](CC(=O)O)NC(=O)[C@@H](CCCNC(=N)N)NC(=O)[C@H](CC(=O)O)NC(=O)CC[C@H](NC(=O)c3ccc(NCc4cnc5nc(N)[nH]c(=O)c5n4)cc3)C(=O)O)C(=O)O)C2=O)cc1)C(C)C. The number of aromatic amines is 1. The van der Waals surface area contributed by atoms with Gasteiger partial charge in [0.05, 0.1) is 42.2 Å². The molecule has 2 aromatic carbocycles. The molecule has 0 saturated carbocycles. The number of anilines is 2. The van der Waals surface area contributed by atoms with Crippen LogP contribution in [0.25, 0.3) is 11.2 Å². The molecule has 2 aromatic heterocycles. The lowest BCUT2D eigenvalue weighted by atomic mass is 10.0. The van der Waals surface area contributed by atoms with Crippen molar-refractivity contribution in [2.75, 3.05) is 43.5 Å². The fraction of sp³-hybridized carbons (Fsp3) is 0.424. The molecule has 532 valence electrons. The number of likely N-dealkylation sites (N-methyl/N-ethyl adjacent to an activating group) is 1. The minimum atomic E-state index is -2.08. The van der Waals surface area contributed by atoms with E-state index in [1.165, 1.54) is 37.5 Å². The minimum Gasteiger partial charge on any atom is -0.484 e. The van der Waals surface area contributed by atoms with E-state index in [1.54, 1.807) is 45.0 Å². The molecule has 99 heavy (non-hydrogen) atoms. The van der Waals surface area contributed by atoms with Crippen molar-refractivity contribution in [1.82, 2.24) is 72.8 Å². The number of H-pyrrole nitrogens is 1. The topological polar surface area (TPSA) is 612 Å². The maximum absolute atomic E-state index is 13.9. The van der Waals surface area contributed by atoms with Gasteiger partial charge in [-0.2, -0.15) is 10.1 Å². The first-order valence-electron chi connectivity index (χ1n) is 30.2. The largest absolute Gasteiger partial charge is 0.484 e. The van der Waals surface area contributed by atoms with Crippen molar-refractivity contribution in [3.05, 3.63) is 81.9 Å². The number of nitrogens with zero attached hydrogens (tertiary/aromatic N) is 5. The van der Waals surface area contributed by atoms with E-state index in [0.29, 0.717) is 40.2 Å². The summed E-state index contributed by atoms with van der Waals surface area (Å²) in [4.78, 5) is 208. The smallest absolute Gasteiger partial charge is 0.327 e. The van der Waals surface area contributed by atoms with Crippen molar-refractivity contribution in [3.8, 4) is 5.75 Å². The van der Waals surface area contributed by atoms with Gasteiger partial charge in [0.15, 0.2) is 23.7 Å². The van der Waals surface area contributed by atoms with Crippen molar-refractivity contribution < 1.29 is 92.3 Å². The van der Waals surface area contributed by atoms with Crippen LogP contribution >= 0.6 is 11.8 Å². The number of rotatable bonds is 39. The van der Waals surface area contributed by atoms with Crippen LogP contribution in [-0.2, 0) is 68.9 Å². The molecular weight excluding hydrogens is 1330 g/mol. The van der Waals surface area contributed by atoms with E-state index in [9.17, 15) is 92.3 Å². The Morgan fingerprint density at radius 2 is 1.34 bits per heavy atom. The number of benzene rings is 2. The number of nitrogens with two attached hydrogens (primary N) is 2. The molecule has 0 bridgehead atoms. The number of carbonyl (C=O) groups excluding carboxylic acids is 10. The standard InChI is InChI=1S/C59H75N19O20S/c1-27(2)46(53(91)63-4)73-42(81)25-98-33-13-9-29(10-14-33)28(3)76-77-41(80)17-19-78-43(82)22-39(55(78)93)99-26-38(57(96)97)72-52(90)37(21-45(85)86)71-50(88)34(6-5-18-64-58(60)61)69-51(89)36(20-44(83)84)68-40(79)16-15-35(56(94)95)70-49(87)30-7-11-31(12-8-30)65-23-32-24-66-48-47(67-32)54(92)75-59(62)74-48/h7-14,24,27,34-39,46,65H,5-6,15-23,25-26H2,1-4H3,(H,63,91)(H,68,79)(H,69,89)(H,70,87)(H,71,88)(H,72,90)(H,73,81)(H,77,80)(H,83,84)(H,85,86)(H,94,95)(H,96,97)(H4,60,61,64)(H3,62,66,74,75,92)/b76-28-/t34-,35+,36+,37-,38?,39?,46+/m1/s1. The number of hydrogen-bond acceptors (Lipinski definition) is 24. The summed E-state index contributed by atoms with van der Waals surface area (Å²) in [6, 6.07) is 1.73. The Bertz CT molecular complexity index is 3800. The van der Waals surface area contributed by atoms with E-state index in [2.05, 4.69) is 78.3 Å². The Morgan fingerprint density at radius 3 is 1.95 bits per heavy atom. The maximum Gasteiger partial charge on any atom is 0.327 e. The van der Waals surface area contributed by atoms with E-state index < -0.39 is 187 Å². The van der Waals surface area contributed by atoms with Gasteiger partial charge in [-0.3, -0.25) is 77.6 Å². The second kappa shape index (κ2) is 37.4. The highest BCUT2D eigenvalue weighted by Crippen LogP contribution is 2.26. The molecule has 3 heterocycles. The number of hydrogen-bond donors (Lipinski definition) is 18. The number of amides is 10. The number of carboxylic acids is 4. The molecule has 0 spiro atoms. The van der Waals surface area contributed by atoms with Crippen LogP contribution in [0.3, 0.4) is 0 Å². The van der Waals surface area contributed by atoms with Gasteiger partial charge < -0.3 is 84.5 Å². The monoisotopic (exact) mass is 1400 g/mol. The summed E-state index contributed by atoms with van der Waals surface area (Å²) in [5.41, 5.74) is 14.3. The van der Waals surface area contributed by atoms with Gasteiger partial charge in [0.25, 0.3) is 17.4 Å². The van der Waals surface area contributed by atoms with Crippen LogP contribution in [-0.4, -0.2) is 214 Å². The van der Waals surface area contributed by atoms with Crippen LogP contribution in [0.2, 0.25) is 0 Å². The van der Waals surface area contributed by atoms with E-state index in [-0.39, 0.29) is 60.6 Å². The summed E-state index contributed by atoms with van der Waals surface area (Å²) < 4.78 is 5.53. The first-order valence-corrected chi connectivity index (χ1v) is 31.2. The molecular formula is C59H75N19O20S. The summed E-state index contributed by atoms with van der Waals surface area (Å²) in [7, 11) is 1.45. The number of likely N-dealkylation sites (tertiary alicyclic amines) is 1. The highest BCUT2D eigenvalue weighted by Gasteiger charge is 2.41. The number of carboxylic acid groups (broad SMARTS) is 4. The third-order valence-corrected chi connectivity index (χ3v) is 15.7. The number of imide groups is 1. The number of nitrogens with one attached hydrogen (secondary N) is 12. The van der Waals surface area contributed by atoms with Crippen molar-refractivity contribution in [3.63, 3.8) is 0 Å². The molecule has 20 N–H and O–H groups in total. The number of nitrogen functional groups attached to an aromatic ring is 1. The second-order valence-electron chi connectivity index (χ2n) is 22.2. The number of thioether (sulfide) groups is 1. The zero-order valence-electron chi connectivity index (χ0n) is 53.6. The Balaban J connectivity index is 1.13. The maximum atomic E-state index is 13.9. The molecule has 1 aliphatic rings. The molecule has 0 aliphatic carbocycles. The first kappa shape index (κ1) is 77.8. The van der Waals surface area contributed by atoms with Gasteiger partial charge >= 0.3 is 23.9 Å². The van der Waals surface area contributed by atoms with E-state index in [0.717, 1.165) is 4.90 Å². The van der Waals surface area contributed by atoms with E-state index in [1.807, 2.05) is 0 Å². The van der Waals surface area contributed by atoms with Gasteiger partial charge in [0, 0.05) is 56.4 Å². The van der Waals surface area contributed by atoms with Gasteiger partial charge in [-0.25, -0.2) is 25.0 Å². The molecule has 10 amide bonds. The number of aromatic nitrogens is 4. The molecule has 5 rings (SSSR count). The number of carbonyl (C=O) groups is 14. The van der Waals surface area contributed by atoms with Crippen LogP contribution < -0.4 is 75.0 Å². The summed E-state index contributed by atoms with van der Waals surface area (Å²) in [5.74, 6) is -16.8. The average Bonchev–Trinajstić information content (AvgIpc) is 1.27. The van der Waals surface area contributed by atoms with Crippen molar-refractivity contribution >= 4 is 129 Å². The third-order valence-electron chi connectivity index (χ3n) is 14.4. The van der Waals surface area contributed by atoms with Crippen molar-refractivity contribution in [2.45, 2.75) is 120 Å². The fourth-order valence-corrected chi connectivity index (χ4v) is 10.3. The van der Waals surface area contributed by atoms with Crippen LogP contribution in [0.15, 0.2) is 64.6 Å². The average molecular weight is 1400 g/mol. The lowest BCUT2D eigenvalue weighted by Gasteiger charge is -2.25. The Labute approximate surface area is 565 Å². The zero-order valence-corrected chi connectivity index (χ0v) is 54.4. The Hall–Kier alpha value is -11.9. The lowest BCUT2D eigenvalue weighted by molar-refractivity contribution is -0.143. The van der Waals surface area contributed by atoms with Gasteiger partial charge in [0.1, 0.15) is 42.0 Å². The molecule has 1 fully saturated rings. The normalized spacial score (nSPS) is 14.6. The first-order chi connectivity index (χ1) is 46.8. The summed E-state index contributed by atoms with van der Waals surface area (Å²) >= 11 is 0.635.